The Morgan fingerprint density at radius 2 is 1.75 bits per heavy atom. The van der Waals surface area contributed by atoms with Crippen LogP contribution in [0.3, 0.4) is 0 Å². The molecular formula is C21H22ClN5O. The quantitative estimate of drug-likeness (QED) is 0.590. The van der Waals surface area contributed by atoms with Crippen molar-refractivity contribution in [3.05, 3.63) is 71.6 Å². The summed E-state index contributed by atoms with van der Waals surface area (Å²) < 4.78 is 0. The average Bonchev–Trinajstić information content (AvgIpc) is 2.72. The van der Waals surface area contributed by atoms with Crippen LogP contribution in [-0.2, 0) is 0 Å². The minimum Gasteiger partial charge on any atom is -0.372 e. The van der Waals surface area contributed by atoms with Crippen LogP contribution in [0.25, 0.3) is 0 Å². The van der Waals surface area contributed by atoms with Gasteiger partial charge in [0.1, 0.15) is 17.8 Å². The van der Waals surface area contributed by atoms with E-state index in [0.717, 1.165) is 18.8 Å². The van der Waals surface area contributed by atoms with E-state index in [4.69, 9.17) is 11.6 Å². The fourth-order valence-electron chi connectivity index (χ4n) is 2.79. The molecule has 2 aromatic carbocycles. The molecule has 1 aromatic heterocycles. The maximum absolute atomic E-state index is 12.6. The molecule has 0 fully saturated rings. The number of hydrogen-bond donors (Lipinski definition) is 2. The highest BCUT2D eigenvalue weighted by atomic mass is 35.5. The summed E-state index contributed by atoms with van der Waals surface area (Å²) >= 11 is 6.15. The predicted molar refractivity (Wildman–Crippen MR) is 115 cm³/mol. The monoisotopic (exact) mass is 395 g/mol. The van der Waals surface area contributed by atoms with Crippen LogP contribution in [0.15, 0.2) is 60.9 Å². The fourth-order valence-corrected chi connectivity index (χ4v) is 2.97. The van der Waals surface area contributed by atoms with E-state index < -0.39 is 0 Å². The number of carbonyl (C=O) groups excluding carboxylic acids is 1. The minimum atomic E-state index is -0.305. The lowest BCUT2D eigenvalue weighted by molar-refractivity contribution is 0.102. The first-order valence-electron chi connectivity index (χ1n) is 9.10. The molecule has 0 aliphatic carbocycles. The molecular weight excluding hydrogens is 374 g/mol. The molecule has 144 valence electrons. The summed E-state index contributed by atoms with van der Waals surface area (Å²) in [6.07, 6.45) is 1.34. The number of nitrogens with one attached hydrogen (secondary N) is 2. The van der Waals surface area contributed by atoms with Crippen molar-refractivity contribution >= 4 is 40.4 Å². The van der Waals surface area contributed by atoms with E-state index in [0.29, 0.717) is 22.2 Å². The number of hydrogen-bond acceptors (Lipinski definition) is 5. The first-order valence-corrected chi connectivity index (χ1v) is 9.48. The summed E-state index contributed by atoms with van der Waals surface area (Å²) in [5, 5.41) is 6.53. The molecule has 28 heavy (non-hydrogen) atoms. The van der Waals surface area contributed by atoms with Crippen molar-refractivity contribution in [2.75, 3.05) is 28.6 Å². The number of carbonyl (C=O) groups is 1. The number of anilines is 4. The van der Waals surface area contributed by atoms with Gasteiger partial charge in [0.05, 0.1) is 10.7 Å². The van der Waals surface area contributed by atoms with Gasteiger partial charge in [0, 0.05) is 30.5 Å². The van der Waals surface area contributed by atoms with Gasteiger partial charge in [0.15, 0.2) is 0 Å². The summed E-state index contributed by atoms with van der Waals surface area (Å²) in [4.78, 5) is 23.0. The van der Waals surface area contributed by atoms with Gasteiger partial charge in [-0.05, 0) is 50.2 Å². The lowest BCUT2D eigenvalue weighted by Crippen LogP contribution is -2.21. The van der Waals surface area contributed by atoms with Crippen LogP contribution >= 0.6 is 11.6 Å². The molecule has 0 saturated carbocycles. The zero-order valence-corrected chi connectivity index (χ0v) is 16.6. The minimum absolute atomic E-state index is 0.261. The number of para-hydroxylation sites is 1. The van der Waals surface area contributed by atoms with E-state index in [1.54, 1.807) is 12.1 Å². The molecule has 0 aliphatic rings. The Morgan fingerprint density at radius 1 is 1.04 bits per heavy atom. The zero-order chi connectivity index (χ0) is 19.9. The highest BCUT2D eigenvalue weighted by Gasteiger charge is 2.11. The first-order chi connectivity index (χ1) is 13.6. The highest BCUT2D eigenvalue weighted by molar-refractivity contribution is 6.33. The normalized spacial score (nSPS) is 10.4. The van der Waals surface area contributed by atoms with Crippen molar-refractivity contribution in [2.45, 2.75) is 13.8 Å². The van der Waals surface area contributed by atoms with Crippen LogP contribution in [0.4, 0.5) is 22.9 Å². The lowest BCUT2D eigenvalue weighted by atomic mass is 10.2. The van der Waals surface area contributed by atoms with Gasteiger partial charge in [-0.25, -0.2) is 9.97 Å². The second-order valence-corrected chi connectivity index (χ2v) is 6.47. The van der Waals surface area contributed by atoms with Crippen molar-refractivity contribution in [2.24, 2.45) is 0 Å². The van der Waals surface area contributed by atoms with Gasteiger partial charge in [-0.15, -0.1) is 0 Å². The van der Waals surface area contributed by atoms with Gasteiger partial charge in [0.2, 0.25) is 0 Å². The highest BCUT2D eigenvalue weighted by Crippen LogP contribution is 2.24. The lowest BCUT2D eigenvalue weighted by Gasteiger charge is -2.21. The van der Waals surface area contributed by atoms with Gasteiger partial charge in [-0.2, -0.15) is 0 Å². The molecule has 0 saturated heterocycles. The Balaban J connectivity index is 1.70. The topological polar surface area (TPSA) is 70.2 Å². The maximum Gasteiger partial charge on any atom is 0.274 e. The van der Waals surface area contributed by atoms with Gasteiger partial charge >= 0.3 is 0 Å². The second kappa shape index (κ2) is 9.19. The molecule has 3 aromatic rings. The van der Waals surface area contributed by atoms with Gasteiger partial charge in [0.25, 0.3) is 5.91 Å². The van der Waals surface area contributed by atoms with Crippen molar-refractivity contribution in [3.8, 4) is 0 Å². The van der Waals surface area contributed by atoms with Crippen molar-refractivity contribution in [3.63, 3.8) is 0 Å². The van der Waals surface area contributed by atoms with E-state index >= 15 is 0 Å². The Bertz CT molecular complexity index is 942. The predicted octanol–water partition coefficient (Wildman–Crippen LogP) is 4.97. The summed E-state index contributed by atoms with van der Waals surface area (Å²) in [6.45, 7) is 6.10. The van der Waals surface area contributed by atoms with Gasteiger partial charge in [-0.1, -0.05) is 23.7 Å². The van der Waals surface area contributed by atoms with Crippen molar-refractivity contribution in [1.82, 2.24) is 9.97 Å². The number of nitrogens with zero attached hydrogens (tertiary/aromatic N) is 3. The Kier molecular flexibility index (Phi) is 6.45. The fraction of sp³-hybridized carbons (Fsp3) is 0.190. The number of benzene rings is 2. The molecule has 0 unspecified atom stereocenters. The molecule has 0 bridgehead atoms. The van der Waals surface area contributed by atoms with Gasteiger partial charge in [-0.3, -0.25) is 4.79 Å². The second-order valence-electron chi connectivity index (χ2n) is 6.07. The van der Waals surface area contributed by atoms with E-state index in [1.165, 1.54) is 6.33 Å². The molecule has 7 heteroatoms. The van der Waals surface area contributed by atoms with Crippen molar-refractivity contribution in [1.29, 1.82) is 0 Å². The Morgan fingerprint density at radius 3 is 2.43 bits per heavy atom. The molecule has 0 radical (unpaired) electrons. The number of halogens is 1. The molecule has 0 spiro atoms. The van der Waals surface area contributed by atoms with Crippen LogP contribution < -0.4 is 15.5 Å². The Hall–Kier alpha value is -3.12. The van der Waals surface area contributed by atoms with E-state index in [1.807, 2.05) is 42.5 Å². The van der Waals surface area contributed by atoms with Crippen LogP contribution in [0.1, 0.15) is 24.3 Å². The maximum atomic E-state index is 12.6. The summed E-state index contributed by atoms with van der Waals surface area (Å²) in [5.41, 5.74) is 2.80. The van der Waals surface area contributed by atoms with E-state index in [-0.39, 0.29) is 11.6 Å². The largest absolute Gasteiger partial charge is 0.372 e. The van der Waals surface area contributed by atoms with Crippen LogP contribution in [0.2, 0.25) is 5.02 Å². The number of amides is 1. The molecule has 6 nitrogen and oxygen atoms in total. The van der Waals surface area contributed by atoms with E-state index in [9.17, 15) is 4.79 Å². The molecule has 0 aliphatic heterocycles. The van der Waals surface area contributed by atoms with Crippen LogP contribution in [0.5, 0.6) is 0 Å². The molecule has 0 atom stereocenters. The first kappa shape index (κ1) is 19.6. The Labute approximate surface area is 169 Å². The third kappa shape index (κ3) is 4.78. The molecule has 1 amide bonds. The molecule has 3 rings (SSSR count). The van der Waals surface area contributed by atoms with Crippen LogP contribution in [-0.4, -0.2) is 29.0 Å². The third-order valence-corrected chi connectivity index (χ3v) is 4.62. The zero-order valence-electron chi connectivity index (χ0n) is 15.8. The summed E-state index contributed by atoms with van der Waals surface area (Å²) in [5.74, 6) is 0.185. The van der Waals surface area contributed by atoms with Gasteiger partial charge < -0.3 is 15.5 Å². The number of rotatable bonds is 7. The number of aromatic nitrogens is 2. The third-order valence-electron chi connectivity index (χ3n) is 4.29. The molecule has 2 N–H and O–H groups in total. The SMILES string of the molecule is CCN(CC)c1ccc(NC(=O)c2cc(Nc3ccccc3Cl)ncn2)cc1. The molecule has 1 heterocycles. The smallest absolute Gasteiger partial charge is 0.274 e. The van der Waals surface area contributed by atoms with Crippen LogP contribution in [0, 0.1) is 0 Å². The summed E-state index contributed by atoms with van der Waals surface area (Å²) in [7, 11) is 0. The standard InChI is InChI=1S/C21H22ClN5O/c1-3-27(4-2)16-11-9-15(10-12-16)25-21(28)19-13-20(24-14-23-19)26-18-8-6-5-7-17(18)22/h5-14H,3-4H2,1-2H3,(H,25,28)(H,23,24,26). The van der Waals surface area contributed by atoms with Crippen molar-refractivity contribution < 1.29 is 4.79 Å². The summed E-state index contributed by atoms with van der Waals surface area (Å²) in [6, 6.07) is 16.7. The van der Waals surface area contributed by atoms with E-state index in [2.05, 4.69) is 39.3 Å². The average molecular weight is 396 g/mol.